The quantitative estimate of drug-likeness (QED) is 0.864. The van der Waals surface area contributed by atoms with Gasteiger partial charge in [0.1, 0.15) is 16.9 Å². The average molecular weight is 341 g/mol. The van der Waals surface area contributed by atoms with Crippen molar-refractivity contribution in [1.82, 2.24) is 0 Å². The Morgan fingerprint density at radius 2 is 2.20 bits per heavy atom. The first-order chi connectivity index (χ1) is 9.40. The van der Waals surface area contributed by atoms with E-state index in [2.05, 4.69) is 15.9 Å². The lowest BCUT2D eigenvalue weighted by Crippen LogP contribution is -2.37. The van der Waals surface area contributed by atoms with Crippen LogP contribution in [0.2, 0.25) is 0 Å². The number of carbonyl (C=O) groups is 1. The van der Waals surface area contributed by atoms with E-state index in [1.54, 1.807) is 13.0 Å². The summed E-state index contributed by atoms with van der Waals surface area (Å²) < 4.78 is 11.4. The third kappa shape index (κ3) is 2.60. The molecule has 2 atom stereocenters. The van der Waals surface area contributed by atoms with Crippen molar-refractivity contribution < 1.29 is 19.1 Å². The maximum atomic E-state index is 11.8. The van der Waals surface area contributed by atoms with Gasteiger partial charge >= 0.3 is 5.97 Å². The molecule has 1 aromatic carbocycles. The molecule has 0 fully saturated rings. The van der Waals surface area contributed by atoms with Gasteiger partial charge in [-0.3, -0.25) is 4.79 Å². The molecule has 0 bridgehead atoms. The molecule has 2 unspecified atom stereocenters. The second kappa shape index (κ2) is 5.58. The fourth-order valence-electron chi connectivity index (χ4n) is 2.37. The van der Waals surface area contributed by atoms with Crippen molar-refractivity contribution in [3.8, 4) is 0 Å². The number of hydrogen-bond donors (Lipinski definition) is 1. The number of rotatable bonds is 4. The highest BCUT2D eigenvalue weighted by molar-refractivity contribution is 9.10. The monoisotopic (exact) mass is 340 g/mol. The van der Waals surface area contributed by atoms with Crippen LogP contribution >= 0.6 is 15.9 Å². The van der Waals surface area contributed by atoms with Crippen LogP contribution in [0.25, 0.3) is 11.0 Å². The number of benzene rings is 1. The Hall–Kier alpha value is -1.33. The number of fused-ring (bicyclic) bond motifs is 1. The Kier molecular flexibility index (Phi) is 4.20. The Labute approximate surface area is 125 Å². The van der Waals surface area contributed by atoms with Gasteiger partial charge in [0.05, 0.1) is 13.0 Å². The fraction of sp³-hybridized carbons (Fsp3) is 0.400. The van der Waals surface area contributed by atoms with E-state index in [1.807, 2.05) is 25.1 Å². The number of methoxy groups -OCH3 is 1. The zero-order valence-electron chi connectivity index (χ0n) is 11.6. The Balaban J connectivity index is 2.47. The van der Waals surface area contributed by atoms with Gasteiger partial charge in [0.15, 0.2) is 0 Å². The van der Waals surface area contributed by atoms with Crippen LogP contribution in [0.1, 0.15) is 26.0 Å². The van der Waals surface area contributed by atoms with Crippen LogP contribution in [0.3, 0.4) is 0 Å². The zero-order chi connectivity index (χ0) is 14.9. The number of halogens is 1. The molecule has 0 radical (unpaired) electrons. The van der Waals surface area contributed by atoms with Gasteiger partial charge in [-0.15, -0.1) is 0 Å². The number of esters is 1. The summed E-state index contributed by atoms with van der Waals surface area (Å²) in [5, 5.41) is 11.6. The van der Waals surface area contributed by atoms with Crippen LogP contribution in [0, 0.1) is 5.92 Å². The van der Waals surface area contributed by atoms with Crippen LogP contribution in [0.5, 0.6) is 0 Å². The van der Waals surface area contributed by atoms with Crippen molar-refractivity contribution >= 4 is 32.9 Å². The summed E-state index contributed by atoms with van der Waals surface area (Å²) in [5.74, 6) is -0.751. The highest BCUT2D eigenvalue weighted by Crippen LogP contribution is 2.36. The third-order valence-corrected chi connectivity index (χ3v) is 4.04. The largest absolute Gasteiger partial charge is 0.469 e. The molecule has 2 aromatic rings. The first-order valence-corrected chi connectivity index (χ1v) is 7.19. The molecule has 0 saturated heterocycles. The van der Waals surface area contributed by atoms with Crippen molar-refractivity contribution in [2.24, 2.45) is 5.92 Å². The van der Waals surface area contributed by atoms with Crippen LogP contribution < -0.4 is 0 Å². The molecular formula is C15H17BrO4. The first-order valence-electron chi connectivity index (χ1n) is 6.40. The van der Waals surface area contributed by atoms with Gasteiger partial charge in [-0.05, 0) is 37.6 Å². The standard InChI is InChI=1S/C15H17BrO4/c1-4-11(14(17)19-3)15(2,18)13-8-9-7-10(16)5-6-12(9)20-13/h5-8,11,18H,4H2,1-3H3. The maximum Gasteiger partial charge on any atom is 0.312 e. The van der Waals surface area contributed by atoms with Crippen molar-refractivity contribution in [2.45, 2.75) is 25.9 Å². The van der Waals surface area contributed by atoms with Crippen LogP contribution in [-0.4, -0.2) is 18.2 Å². The van der Waals surface area contributed by atoms with Crippen LogP contribution in [0.15, 0.2) is 33.2 Å². The molecule has 2 rings (SSSR count). The van der Waals surface area contributed by atoms with E-state index >= 15 is 0 Å². The van der Waals surface area contributed by atoms with E-state index in [0.29, 0.717) is 17.8 Å². The molecule has 5 heteroatoms. The lowest BCUT2D eigenvalue weighted by molar-refractivity contribution is -0.157. The molecule has 0 amide bonds. The van der Waals surface area contributed by atoms with E-state index < -0.39 is 17.5 Å². The minimum Gasteiger partial charge on any atom is -0.469 e. The second-order valence-electron chi connectivity index (χ2n) is 4.92. The SMILES string of the molecule is CCC(C(=O)OC)C(C)(O)c1cc2cc(Br)ccc2o1. The summed E-state index contributed by atoms with van der Waals surface area (Å²) in [6, 6.07) is 7.34. The Morgan fingerprint density at radius 1 is 1.50 bits per heavy atom. The van der Waals surface area contributed by atoms with E-state index in [9.17, 15) is 9.90 Å². The molecule has 0 aliphatic carbocycles. The predicted molar refractivity (Wildman–Crippen MR) is 79.3 cm³/mol. The van der Waals surface area contributed by atoms with E-state index in [4.69, 9.17) is 9.15 Å². The zero-order valence-corrected chi connectivity index (χ0v) is 13.2. The van der Waals surface area contributed by atoms with Crippen LogP contribution in [-0.2, 0) is 15.1 Å². The average Bonchev–Trinajstić information content (AvgIpc) is 2.82. The summed E-state index contributed by atoms with van der Waals surface area (Å²) in [5.41, 5.74) is -0.740. The summed E-state index contributed by atoms with van der Waals surface area (Å²) in [4.78, 5) is 11.8. The molecule has 0 saturated carbocycles. The molecule has 0 aliphatic heterocycles. The van der Waals surface area contributed by atoms with Crippen molar-refractivity contribution in [1.29, 1.82) is 0 Å². The van der Waals surface area contributed by atoms with Gasteiger partial charge in [0.25, 0.3) is 0 Å². The molecule has 108 valence electrons. The molecule has 1 heterocycles. The molecule has 0 aliphatic rings. The molecule has 4 nitrogen and oxygen atoms in total. The lowest BCUT2D eigenvalue weighted by atomic mass is 9.85. The Morgan fingerprint density at radius 3 is 2.80 bits per heavy atom. The molecule has 0 spiro atoms. The van der Waals surface area contributed by atoms with Gasteiger partial charge in [0.2, 0.25) is 0 Å². The number of aliphatic hydroxyl groups is 1. The summed E-state index contributed by atoms with van der Waals surface area (Å²) in [6.45, 7) is 3.40. The first kappa shape index (κ1) is 15.1. The minimum atomic E-state index is -1.41. The van der Waals surface area contributed by atoms with Gasteiger partial charge in [-0.25, -0.2) is 0 Å². The minimum absolute atomic E-state index is 0.364. The fourth-order valence-corrected chi connectivity index (χ4v) is 2.75. The number of ether oxygens (including phenoxy) is 1. The molecule has 1 N–H and O–H groups in total. The topological polar surface area (TPSA) is 59.7 Å². The highest BCUT2D eigenvalue weighted by atomic mass is 79.9. The van der Waals surface area contributed by atoms with Gasteiger partial charge in [-0.2, -0.15) is 0 Å². The summed E-state index contributed by atoms with van der Waals surface area (Å²) in [6.07, 6.45) is 0.459. The van der Waals surface area contributed by atoms with Gasteiger partial charge in [0, 0.05) is 9.86 Å². The van der Waals surface area contributed by atoms with E-state index in [-0.39, 0.29) is 0 Å². The normalized spacial score (nSPS) is 15.8. The highest BCUT2D eigenvalue weighted by Gasteiger charge is 2.41. The van der Waals surface area contributed by atoms with Crippen molar-refractivity contribution in [2.75, 3.05) is 7.11 Å². The summed E-state index contributed by atoms with van der Waals surface area (Å²) >= 11 is 3.39. The third-order valence-electron chi connectivity index (χ3n) is 3.55. The van der Waals surface area contributed by atoms with E-state index in [1.165, 1.54) is 7.11 Å². The summed E-state index contributed by atoms with van der Waals surface area (Å²) in [7, 11) is 1.32. The van der Waals surface area contributed by atoms with Crippen molar-refractivity contribution in [3.63, 3.8) is 0 Å². The van der Waals surface area contributed by atoms with Crippen LogP contribution in [0.4, 0.5) is 0 Å². The molecular weight excluding hydrogens is 324 g/mol. The number of carbonyl (C=O) groups excluding carboxylic acids is 1. The van der Waals surface area contributed by atoms with E-state index in [0.717, 1.165) is 9.86 Å². The van der Waals surface area contributed by atoms with Gasteiger partial charge < -0.3 is 14.3 Å². The number of hydrogen-bond acceptors (Lipinski definition) is 4. The van der Waals surface area contributed by atoms with Crippen molar-refractivity contribution in [3.05, 3.63) is 34.5 Å². The molecule has 1 aromatic heterocycles. The smallest absolute Gasteiger partial charge is 0.312 e. The molecule has 20 heavy (non-hydrogen) atoms. The number of furan rings is 1. The maximum absolute atomic E-state index is 11.8. The lowest BCUT2D eigenvalue weighted by Gasteiger charge is -2.28. The second-order valence-corrected chi connectivity index (χ2v) is 5.84. The van der Waals surface area contributed by atoms with Gasteiger partial charge in [-0.1, -0.05) is 22.9 Å². The Bertz CT molecular complexity index is 630. The predicted octanol–water partition coefficient (Wildman–Crippen LogP) is 3.60.